The van der Waals surface area contributed by atoms with Gasteiger partial charge < -0.3 is 5.11 Å². The smallest absolute Gasteiger partial charge is 0.306 e. The van der Waals surface area contributed by atoms with E-state index in [1.54, 1.807) is 0 Å². The second kappa shape index (κ2) is 3.89. The Hall–Kier alpha value is -0.573. The number of rotatable bonds is 2. The summed E-state index contributed by atoms with van der Waals surface area (Å²) in [5.74, 6) is -0.739. The monoisotopic (exact) mass is 212 g/mol. The Labute approximate surface area is 87.0 Å². The van der Waals surface area contributed by atoms with Gasteiger partial charge in [-0.25, -0.2) is 0 Å². The van der Waals surface area contributed by atoms with Gasteiger partial charge in [-0.15, -0.1) is 0 Å². The van der Waals surface area contributed by atoms with Crippen molar-refractivity contribution in [1.29, 1.82) is 0 Å². The second-order valence-corrected chi connectivity index (χ2v) is 10.9. The van der Waals surface area contributed by atoms with E-state index in [1.165, 1.54) is 5.57 Å². The van der Waals surface area contributed by atoms with Gasteiger partial charge in [0.05, 0.1) is 5.92 Å². The standard InChI is InChI=1S/C11H20O2Si/c1-8-5-6-10(14(2,3)4)9(7-8)11(12)13/h5,9-10H,6-7H2,1-4H3,(H,12,13)/t9-,10+/m0/s1. The van der Waals surface area contributed by atoms with Crippen LogP contribution in [0.1, 0.15) is 19.8 Å². The van der Waals surface area contributed by atoms with Gasteiger partial charge in [-0.1, -0.05) is 31.3 Å². The molecule has 0 amide bonds. The lowest BCUT2D eigenvalue weighted by atomic mass is 9.89. The average Bonchev–Trinajstić information content (AvgIpc) is 2.01. The summed E-state index contributed by atoms with van der Waals surface area (Å²) in [6.45, 7) is 8.84. The Morgan fingerprint density at radius 1 is 1.50 bits per heavy atom. The average molecular weight is 212 g/mol. The molecule has 3 heteroatoms. The summed E-state index contributed by atoms with van der Waals surface area (Å²) in [6.07, 6.45) is 3.95. The molecule has 0 aliphatic heterocycles. The van der Waals surface area contributed by atoms with E-state index in [-0.39, 0.29) is 5.92 Å². The normalized spacial score (nSPS) is 28.4. The topological polar surface area (TPSA) is 37.3 Å². The van der Waals surface area contributed by atoms with E-state index in [4.69, 9.17) is 0 Å². The zero-order chi connectivity index (χ0) is 10.9. The van der Waals surface area contributed by atoms with E-state index < -0.39 is 14.0 Å². The zero-order valence-corrected chi connectivity index (χ0v) is 10.5. The first-order valence-electron chi connectivity index (χ1n) is 5.21. The van der Waals surface area contributed by atoms with Crippen LogP contribution in [0.15, 0.2) is 11.6 Å². The SMILES string of the molecule is CC1=CC[C@@H]([Si](C)(C)C)[C@@H](C(=O)O)C1. The molecule has 0 saturated heterocycles. The van der Waals surface area contributed by atoms with Crippen molar-refractivity contribution in [1.82, 2.24) is 0 Å². The minimum Gasteiger partial charge on any atom is -0.481 e. The summed E-state index contributed by atoms with van der Waals surface area (Å²) in [4.78, 5) is 11.2. The maximum Gasteiger partial charge on any atom is 0.306 e. The fourth-order valence-corrected chi connectivity index (χ4v) is 4.57. The molecule has 0 spiro atoms. The lowest BCUT2D eigenvalue weighted by Crippen LogP contribution is -2.38. The number of hydrogen-bond donors (Lipinski definition) is 1. The van der Waals surface area contributed by atoms with Gasteiger partial charge in [0.2, 0.25) is 0 Å². The highest BCUT2D eigenvalue weighted by atomic mass is 28.3. The summed E-state index contributed by atoms with van der Waals surface area (Å²) in [6, 6.07) is 0. The summed E-state index contributed by atoms with van der Waals surface area (Å²) in [5, 5.41) is 9.18. The molecule has 0 aromatic heterocycles. The van der Waals surface area contributed by atoms with Crippen molar-refractivity contribution >= 4 is 14.0 Å². The number of carboxylic acids is 1. The molecule has 0 heterocycles. The molecule has 2 atom stereocenters. The highest BCUT2D eigenvalue weighted by Gasteiger charge is 2.38. The molecule has 1 aliphatic carbocycles. The van der Waals surface area contributed by atoms with Crippen molar-refractivity contribution in [3.8, 4) is 0 Å². The van der Waals surface area contributed by atoms with Crippen molar-refractivity contribution in [2.75, 3.05) is 0 Å². The van der Waals surface area contributed by atoms with Crippen LogP contribution in [0.2, 0.25) is 25.2 Å². The lowest BCUT2D eigenvalue weighted by molar-refractivity contribution is -0.142. The van der Waals surface area contributed by atoms with Crippen molar-refractivity contribution in [2.24, 2.45) is 5.92 Å². The minimum absolute atomic E-state index is 0.133. The number of carbonyl (C=O) groups is 1. The third kappa shape index (κ3) is 2.47. The highest BCUT2D eigenvalue weighted by Crippen LogP contribution is 2.40. The van der Waals surface area contributed by atoms with Gasteiger partial charge in [0.15, 0.2) is 0 Å². The third-order valence-electron chi connectivity index (χ3n) is 3.18. The zero-order valence-electron chi connectivity index (χ0n) is 9.50. The van der Waals surface area contributed by atoms with Gasteiger partial charge in [-0.05, 0) is 25.3 Å². The van der Waals surface area contributed by atoms with Crippen molar-refractivity contribution in [2.45, 2.75) is 44.9 Å². The van der Waals surface area contributed by atoms with E-state index in [0.717, 1.165) is 12.8 Å². The van der Waals surface area contributed by atoms with Gasteiger partial charge >= 0.3 is 5.97 Å². The number of carboxylic acid groups (broad SMARTS) is 1. The second-order valence-electron chi connectivity index (χ2n) is 5.41. The Bertz CT molecular complexity index is 263. The van der Waals surface area contributed by atoms with Crippen molar-refractivity contribution < 1.29 is 9.90 Å². The highest BCUT2D eigenvalue weighted by molar-refractivity contribution is 6.77. The molecule has 1 aliphatic rings. The largest absolute Gasteiger partial charge is 0.481 e. The predicted octanol–water partition coefficient (Wildman–Crippen LogP) is 3.14. The van der Waals surface area contributed by atoms with Gasteiger partial charge in [-0.2, -0.15) is 0 Å². The molecule has 80 valence electrons. The van der Waals surface area contributed by atoms with Crippen LogP contribution >= 0.6 is 0 Å². The van der Waals surface area contributed by atoms with E-state index in [1.807, 2.05) is 6.92 Å². The molecule has 2 nitrogen and oxygen atoms in total. The van der Waals surface area contributed by atoms with Crippen LogP contribution in [0.3, 0.4) is 0 Å². The molecule has 0 unspecified atom stereocenters. The first-order chi connectivity index (χ1) is 6.32. The van der Waals surface area contributed by atoms with Crippen LogP contribution in [0.25, 0.3) is 0 Å². The Balaban J connectivity index is 2.89. The van der Waals surface area contributed by atoms with E-state index in [0.29, 0.717) is 5.54 Å². The molecular weight excluding hydrogens is 192 g/mol. The summed E-state index contributed by atoms with van der Waals surface area (Å²) in [7, 11) is -1.34. The number of aliphatic carboxylic acids is 1. The summed E-state index contributed by atoms with van der Waals surface area (Å²) in [5.41, 5.74) is 1.65. The minimum atomic E-state index is -1.34. The summed E-state index contributed by atoms with van der Waals surface area (Å²) >= 11 is 0. The Kier molecular flexibility index (Phi) is 3.19. The Morgan fingerprint density at radius 2 is 2.07 bits per heavy atom. The van der Waals surface area contributed by atoms with Crippen LogP contribution in [-0.4, -0.2) is 19.1 Å². The molecule has 0 bridgehead atoms. The molecule has 14 heavy (non-hydrogen) atoms. The fourth-order valence-electron chi connectivity index (χ4n) is 2.28. The molecule has 0 saturated carbocycles. The Morgan fingerprint density at radius 3 is 2.50 bits per heavy atom. The molecule has 1 N–H and O–H groups in total. The maximum atomic E-state index is 11.2. The first-order valence-corrected chi connectivity index (χ1v) is 8.78. The lowest BCUT2D eigenvalue weighted by Gasteiger charge is -2.36. The van der Waals surface area contributed by atoms with Crippen LogP contribution in [0.5, 0.6) is 0 Å². The van der Waals surface area contributed by atoms with Crippen LogP contribution < -0.4 is 0 Å². The molecular formula is C11H20O2Si. The number of allylic oxidation sites excluding steroid dienone is 2. The molecule has 0 aromatic carbocycles. The van der Waals surface area contributed by atoms with E-state index >= 15 is 0 Å². The number of hydrogen-bond acceptors (Lipinski definition) is 1. The molecule has 0 radical (unpaired) electrons. The van der Waals surface area contributed by atoms with E-state index in [2.05, 4.69) is 25.7 Å². The molecule has 0 aromatic rings. The maximum absolute atomic E-state index is 11.2. The van der Waals surface area contributed by atoms with Crippen LogP contribution in [0.4, 0.5) is 0 Å². The van der Waals surface area contributed by atoms with Crippen LogP contribution in [0, 0.1) is 5.92 Å². The van der Waals surface area contributed by atoms with Crippen molar-refractivity contribution in [3.05, 3.63) is 11.6 Å². The quantitative estimate of drug-likeness (QED) is 0.564. The first kappa shape index (κ1) is 11.5. The van der Waals surface area contributed by atoms with Crippen molar-refractivity contribution in [3.63, 3.8) is 0 Å². The van der Waals surface area contributed by atoms with Crippen LogP contribution in [-0.2, 0) is 4.79 Å². The molecule has 0 fully saturated rings. The fraction of sp³-hybridized carbons (Fsp3) is 0.727. The predicted molar refractivity (Wildman–Crippen MR) is 61.2 cm³/mol. The summed E-state index contributed by atoms with van der Waals surface area (Å²) < 4.78 is 0. The third-order valence-corrected chi connectivity index (χ3v) is 6.04. The molecule has 1 rings (SSSR count). The van der Waals surface area contributed by atoms with Gasteiger partial charge in [-0.3, -0.25) is 4.79 Å². The van der Waals surface area contributed by atoms with Gasteiger partial charge in [0.25, 0.3) is 0 Å². The van der Waals surface area contributed by atoms with E-state index in [9.17, 15) is 9.90 Å². The van der Waals surface area contributed by atoms with Gasteiger partial charge in [0, 0.05) is 8.07 Å². The van der Waals surface area contributed by atoms with Gasteiger partial charge in [0.1, 0.15) is 0 Å².